The molecule has 0 radical (unpaired) electrons. The third-order valence-electron chi connectivity index (χ3n) is 2.94. The first-order valence-electron chi connectivity index (χ1n) is 6.33. The molecule has 16 heavy (non-hydrogen) atoms. The number of hydrogen-bond acceptors (Lipinski definition) is 3. The van der Waals surface area contributed by atoms with Gasteiger partial charge in [0.25, 0.3) is 0 Å². The van der Waals surface area contributed by atoms with Gasteiger partial charge in [-0.2, -0.15) is 0 Å². The van der Waals surface area contributed by atoms with Crippen molar-refractivity contribution in [3.8, 4) is 0 Å². The second-order valence-electron chi connectivity index (χ2n) is 4.95. The Balaban J connectivity index is 2.07. The minimum absolute atomic E-state index is 0.0867. The van der Waals surface area contributed by atoms with Gasteiger partial charge in [0.1, 0.15) is 0 Å². The smallest absolute Gasteiger partial charge is 0.234 e. The third kappa shape index (κ3) is 4.94. The van der Waals surface area contributed by atoms with Gasteiger partial charge in [0.15, 0.2) is 0 Å². The van der Waals surface area contributed by atoms with Crippen LogP contribution < -0.4 is 10.6 Å². The molecular weight excluding hydrogens is 202 g/mol. The maximum atomic E-state index is 11.4. The highest BCUT2D eigenvalue weighted by atomic mass is 16.1. The minimum Gasteiger partial charge on any atom is -0.353 e. The van der Waals surface area contributed by atoms with Gasteiger partial charge in [-0.3, -0.25) is 9.69 Å². The molecule has 2 N–H and O–H groups in total. The molecule has 1 fully saturated rings. The Bertz CT molecular complexity index is 212. The quantitative estimate of drug-likeness (QED) is 0.698. The van der Waals surface area contributed by atoms with Crippen LogP contribution in [0.1, 0.15) is 33.6 Å². The van der Waals surface area contributed by atoms with Crippen LogP contribution in [0.15, 0.2) is 0 Å². The molecule has 1 saturated heterocycles. The monoisotopic (exact) mass is 227 g/mol. The lowest BCUT2D eigenvalue weighted by molar-refractivity contribution is -0.120. The summed E-state index contributed by atoms with van der Waals surface area (Å²) in [5, 5.41) is 6.08. The third-order valence-corrected chi connectivity index (χ3v) is 2.94. The lowest BCUT2D eigenvalue weighted by atomic mass is 10.3. The predicted molar refractivity (Wildman–Crippen MR) is 66.4 cm³/mol. The summed E-state index contributed by atoms with van der Waals surface area (Å²) in [5.74, 6) is 0.0867. The van der Waals surface area contributed by atoms with Crippen LogP contribution in [-0.2, 0) is 4.79 Å². The standard InChI is InChI=1S/C12H25N3O/c1-10(2)14-12(16)9-13-8-11(3)15-6-4-5-7-15/h10-11,13H,4-9H2,1-3H3,(H,14,16). The summed E-state index contributed by atoms with van der Waals surface area (Å²) >= 11 is 0. The second kappa shape index (κ2) is 6.86. The van der Waals surface area contributed by atoms with Crippen molar-refractivity contribution in [2.45, 2.75) is 45.7 Å². The van der Waals surface area contributed by atoms with Crippen LogP contribution in [0, 0.1) is 0 Å². The van der Waals surface area contributed by atoms with Crippen molar-refractivity contribution in [2.24, 2.45) is 0 Å². The van der Waals surface area contributed by atoms with Crippen molar-refractivity contribution in [3.63, 3.8) is 0 Å². The van der Waals surface area contributed by atoms with Crippen molar-refractivity contribution >= 4 is 5.91 Å². The van der Waals surface area contributed by atoms with E-state index in [0.717, 1.165) is 6.54 Å². The second-order valence-corrected chi connectivity index (χ2v) is 4.95. The van der Waals surface area contributed by atoms with Gasteiger partial charge in [0.05, 0.1) is 6.54 Å². The Kier molecular flexibility index (Phi) is 5.77. The molecule has 1 atom stereocenters. The first kappa shape index (κ1) is 13.5. The number of likely N-dealkylation sites (tertiary alicyclic amines) is 1. The van der Waals surface area contributed by atoms with Gasteiger partial charge in [-0.25, -0.2) is 0 Å². The maximum absolute atomic E-state index is 11.4. The molecule has 4 heteroatoms. The average molecular weight is 227 g/mol. The first-order chi connectivity index (χ1) is 7.59. The van der Waals surface area contributed by atoms with E-state index in [1.165, 1.54) is 25.9 Å². The van der Waals surface area contributed by atoms with Crippen LogP contribution in [-0.4, -0.2) is 49.1 Å². The highest BCUT2D eigenvalue weighted by Crippen LogP contribution is 2.10. The van der Waals surface area contributed by atoms with E-state index < -0.39 is 0 Å². The average Bonchev–Trinajstić information content (AvgIpc) is 2.68. The number of hydrogen-bond donors (Lipinski definition) is 2. The van der Waals surface area contributed by atoms with Crippen molar-refractivity contribution in [1.82, 2.24) is 15.5 Å². The van der Waals surface area contributed by atoms with Crippen molar-refractivity contribution in [3.05, 3.63) is 0 Å². The van der Waals surface area contributed by atoms with Gasteiger partial charge in [-0.05, 0) is 46.7 Å². The largest absolute Gasteiger partial charge is 0.353 e. The molecule has 0 aliphatic carbocycles. The summed E-state index contributed by atoms with van der Waals surface area (Å²) in [6, 6.07) is 0.764. The summed E-state index contributed by atoms with van der Waals surface area (Å²) in [5.41, 5.74) is 0. The summed E-state index contributed by atoms with van der Waals surface area (Å²) < 4.78 is 0. The topological polar surface area (TPSA) is 44.4 Å². The molecular formula is C12H25N3O. The first-order valence-corrected chi connectivity index (χ1v) is 6.33. The molecule has 1 rings (SSSR count). The van der Waals surface area contributed by atoms with Crippen LogP contribution in [0.5, 0.6) is 0 Å². The Labute approximate surface area is 98.8 Å². The molecule has 0 aromatic carbocycles. The zero-order valence-electron chi connectivity index (χ0n) is 10.8. The van der Waals surface area contributed by atoms with E-state index >= 15 is 0 Å². The molecule has 0 bridgehead atoms. The number of amides is 1. The van der Waals surface area contributed by atoms with Crippen LogP contribution in [0.2, 0.25) is 0 Å². The number of nitrogens with zero attached hydrogens (tertiary/aromatic N) is 1. The zero-order chi connectivity index (χ0) is 12.0. The molecule has 1 heterocycles. The zero-order valence-corrected chi connectivity index (χ0v) is 10.8. The highest BCUT2D eigenvalue weighted by molar-refractivity contribution is 5.78. The summed E-state index contributed by atoms with van der Waals surface area (Å²) in [4.78, 5) is 13.8. The normalized spacial score (nSPS) is 19.0. The van der Waals surface area contributed by atoms with E-state index in [1.54, 1.807) is 0 Å². The Morgan fingerprint density at radius 1 is 1.25 bits per heavy atom. The van der Waals surface area contributed by atoms with Gasteiger partial charge in [-0.1, -0.05) is 0 Å². The highest BCUT2D eigenvalue weighted by Gasteiger charge is 2.17. The molecule has 1 aliphatic rings. The maximum Gasteiger partial charge on any atom is 0.234 e. The Hall–Kier alpha value is -0.610. The summed E-state index contributed by atoms with van der Waals surface area (Å²) in [7, 11) is 0. The van der Waals surface area contributed by atoms with E-state index in [1.807, 2.05) is 13.8 Å². The SMILES string of the molecule is CC(C)NC(=O)CNCC(C)N1CCCC1. The van der Waals surface area contributed by atoms with Gasteiger partial charge >= 0.3 is 0 Å². The van der Waals surface area contributed by atoms with E-state index in [0.29, 0.717) is 12.6 Å². The molecule has 0 aromatic rings. The van der Waals surface area contributed by atoms with E-state index in [-0.39, 0.29) is 11.9 Å². The molecule has 0 spiro atoms. The summed E-state index contributed by atoms with van der Waals surface area (Å²) in [6.07, 6.45) is 2.64. The van der Waals surface area contributed by atoms with E-state index in [4.69, 9.17) is 0 Å². The van der Waals surface area contributed by atoms with Crippen molar-refractivity contribution in [1.29, 1.82) is 0 Å². The molecule has 1 aliphatic heterocycles. The Morgan fingerprint density at radius 2 is 1.88 bits per heavy atom. The van der Waals surface area contributed by atoms with Crippen LogP contribution >= 0.6 is 0 Å². The van der Waals surface area contributed by atoms with E-state index in [2.05, 4.69) is 22.5 Å². The molecule has 0 saturated carbocycles. The molecule has 1 unspecified atom stereocenters. The van der Waals surface area contributed by atoms with Gasteiger partial charge in [0.2, 0.25) is 5.91 Å². The summed E-state index contributed by atoms with van der Waals surface area (Å²) in [6.45, 7) is 9.91. The fraction of sp³-hybridized carbons (Fsp3) is 0.917. The number of rotatable bonds is 6. The van der Waals surface area contributed by atoms with Crippen LogP contribution in [0.4, 0.5) is 0 Å². The van der Waals surface area contributed by atoms with Gasteiger partial charge in [-0.15, -0.1) is 0 Å². The lowest BCUT2D eigenvalue weighted by Crippen LogP contribution is -2.43. The Morgan fingerprint density at radius 3 is 2.44 bits per heavy atom. The van der Waals surface area contributed by atoms with Crippen molar-refractivity contribution < 1.29 is 4.79 Å². The lowest BCUT2D eigenvalue weighted by Gasteiger charge is -2.23. The predicted octanol–water partition coefficient (Wildman–Crippen LogP) is 0.585. The number of carbonyl (C=O) groups excluding carboxylic acids is 1. The molecule has 0 aromatic heterocycles. The van der Waals surface area contributed by atoms with E-state index in [9.17, 15) is 4.79 Å². The van der Waals surface area contributed by atoms with Crippen LogP contribution in [0.3, 0.4) is 0 Å². The molecule has 4 nitrogen and oxygen atoms in total. The van der Waals surface area contributed by atoms with Gasteiger partial charge < -0.3 is 10.6 Å². The van der Waals surface area contributed by atoms with Crippen LogP contribution in [0.25, 0.3) is 0 Å². The minimum atomic E-state index is 0.0867. The molecule has 1 amide bonds. The number of nitrogens with one attached hydrogen (secondary N) is 2. The molecule has 94 valence electrons. The van der Waals surface area contributed by atoms with Gasteiger partial charge in [0, 0.05) is 18.6 Å². The van der Waals surface area contributed by atoms with Crippen molar-refractivity contribution in [2.75, 3.05) is 26.2 Å². The fourth-order valence-corrected chi connectivity index (χ4v) is 2.08. The number of carbonyl (C=O) groups is 1. The fourth-order valence-electron chi connectivity index (χ4n) is 2.08.